The lowest BCUT2D eigenvalue weighted by molar-refractivity contribution is 0.332. The van der Waals surface area contributed by atoms with E-state index in [9.17, 15) is 0 Å². The lowest BCUT2D eigenvalue weighted by Crippen LogP contribution is -2.60. The van der Waals surface area contributed by atoms with Gasteiger partial charge in [0.2, 0.25) is 0 Å². The van der Waals surface area contributed by atoms with Gasteiger partial charge in [0.05, 0.1) is 16.4 Å². The fraction of sp³-hybridized carbons (Fsp3) is 0.276. The van der Waals surface area contributed by atoms with E-state index in [0.29, 0.717) is 0 Å². The fourth-order valence-electron chi connectivity index (χ4n) is 11.9. The fourth-order valence-corrected chi connectivity index (χ4v) is 13.1. The number of furan rings is 1. The van der Waals surface area contributed by atoms with Crippen LogP contribution >= 0.6 is 11.3 Å². The lowest BCUT2D eigenvalue weighted by atomic mass is 9.43. The van der Waals surface area contributed by atoms with Crippen LogP contribution in [0, 0.1) is 0 Å². The number of anilines is 2. The van der Waals surface area contributed by atoms with Gasteiger partial charge >= 0.3 is 6.85 Å². The summed E-state index contributed by atoms with van der Waals surface area (Å²) in [5, 5.41) is 7.57. The second kappa shape index (κ2) is 12.1. The number of thiophene rings is 1. The van der Waals surface area contributed by atoms with Gasteiger partial charge in [0, 0.05) is 59.0 Å². The predicted molar refractivity (Wildman–Crippen MR) is 273 cm³/mol. The van der Waals surface area contributed by atoms with E-state index in [-0.39, 0.29) is 28.5 Å². The maximum Gasteiger partial charge on any atom is 0.333 e. The number of fused-ring (bicyclic) bond motifs is 17. The van der Waals surface area contributed by atoms with Crippen LogP contribution in [0.3, 0.4) is 0 Å². The molecule has 2 aliphatic heterocycles. The Morgan fingerprint density at radius 3 is 2.00 bits per heavy atom. The van der Waals surface area contributed by atoms with Gasteiger partial charge in [0.15, 0.2) is 0 Å². The largest absolute Gasteiger partial charge is 0.455 e. The van der Waals surface area contributed by atoms with Crippen molar-refractivity contribution >= 4 is 104 Å². The van der Waals surface area contributed by atoms with Crippen molar-refractivity contribution in [1.29, 1.82) is 0 Å². The number of aromatic nitrogens is 1. The molecular weight excluding hydrogens is 784 g/mol. The summed E-state index contributed by atoms with van der Waals surface area (Å²) in [6, 6.07) is 44.9. The summed E-state index contributed by atoms with van der Waals surface area (Å²) in [5.41, 5.74) is 19.3. The summed E-state index contributed by atoms with van der Waals surface area (Å²) in [6.07, 6.45) is 2.33. The Labute approximate surface area is 374 Å². The van der Waals surface area contributed by atoms with Crippen molar-refractivity contribution in [1.82, 2.24) is 4.57 Å². The Bertz CT molecular complexity index is 3650. The molecule has 7 aromatic carbocycles. The molecular formula is C58H53BN2OS. The van der Waals surface area contributed by atoms with E-state index in [1.54, 1.807) is 0 Å². The van der Waals surface area contributed by atoms with Crippen LogP contribution in [0.1, 0.15) is 104 Å². The summed E-state index contributed by atoms with van der Waals surface area (Å²) in [4.78, 5) is 2.72. The number of hydrogen-bond acceptors (Lipinski definition) is 3. The monoisotopic (exact) mass is 836 g/mol. The quantitative estimate of drug-likeness (QED) is 0.154. The Hall–Kier alpha value is -5.78. The van der Waals surface area contributed by atoms with Gasteiger partial charge < -0.3 is 13.8 Å². The van der Waals surface area contributed by atoms with Gasteiger partial charge in [-0.2, -0.15) is 0 Å². The molecule has 0 saturated heterocycles. The van der Waals surface area contributed by atoms with Gasteiger partial charge in [0.1, 0.15) is 11.2 Å². The van der Waals surface area contributed by atoms with Crippen LogP contribution < -0.4 is 15.7 Å². The zero-order chi connectivity index (χ0) is 43.3. The molecule has 13 rings (SSSR count). The Morgan fingerprint density at radius 2 is 1.27 bits per heavy atom. The molecule has 0 spiro atoms. The first-order chi connectivity index (χ1) is 30.0. The molecule has 0 radical (unpaired) electrons. The maximum atomic E-state index is 7.28. The molecule has 5 heteroatoms. The number of benzene rings is 7. The second-order valence-electron chi connectivity index (χ2n) is 22.4. The highest BCUT2D eigenvalue weighted by Gasteiger charge is 2.47. The molecule has 310 valence electrons. The first-order valence-electron chi connectivity index (χ1n) is 23.0. The molecule has 3 aliphatic rings. The first kappa shape index (κ1) is 37.8. The van der Waals surface area contributed by atoms with Crippen LogP contribution in [-0.2, 0) is 21.7 Å². The molecule has 0 bridgehead atoms. The van der Waals surface area contributed by atoms with E-state index in [0.717, 1.165) is 11.2 Å². The zero-order valence-corrected chi connectivity index (χ0v) is 39.0. The Balaban J connectivity index is 1.29. The molecule has 5 heterocycles. The number of hydrogen-bond donors (Lipinski definition) is 0. The molecule has 1 aliphatic carbocycles. The third-order valence-corrected chi connectivity index (χ3v) is 16.7. The first-order valence-corrected chi connectivity index (χ1v) is 23.8. The van der Waals surface area contributed by atoms with Gasteiger partial charge in [-0.15, -0.1) is 11.3 Å². The van der Waals surface area contributed by atoms with Crippen LogP contribution in [0.5, 0.6) is 0 Å². The van der Waals surface area contributed by atoms with Crippen LogP contribution in [0.25, 0.3) is 80.7 Å². The number of rotatable bonds is 1. The van der Waals surface area contributed by atoms with E-state index < -0.39 is 0 Å². The lowest BCUT2D eigenvalue weighted by Gasteiger charge is -2.43. The standard InChI is InChI=1S/C58H53BN2OS/c1-55(2,3)32-19-22-34(23-20-32)61-45-29-37-35-15-12-14-18-47(35)63-48(37)30-39(45)49-50-36-16-11-13-17-46(36)62-54(50)51-38-28-40-41(58(9,10)26-25-57(40,7)8)31-44(38)60-43-24-21-33(56(4,5)6)27-42(43)59(61)52(49)53(51)60/h11-24,27-31H,25-26H2,1-10H3. The Kier molecular flexibility index (Phi) is 7.23. The third-order valence-electron chi connectivity index (χ3n) is 15.5. The predicted octanol–water partition coefficient (Wildman–Crippen LogP) is 15.2. The van der Waals surface area contributed by atoms with Crippen molar-refractivity contribution < 1.29 is 4.42 Å². The summed E-state index contributed by atoms with van der Waals surface area (Å²) >= 11 is 1.91. The number of nitrogens with zero attached hydrogens (tertiary/aromatic N) is 2. The average molecular weight is 837 g/mol. The van der Waals surface area contributed by atoms with Crippen LogP contribution in [-0.4, -0.2) is 11.4 Å². The Morgan fingerprint density at radius 1 is 0.603 bits per heavy atom. The summed E-state index contributed by atoms with van der Waals surface area (Å²) in [7, 11) is 0. The number of para-hydroxylation sites is 1. The molecule has 0 atom stereocenters. The van der Waals surface area contributed by atoms with Crippen molar-refractivity contribution in [2.24, 2.45) is 0 Å². The second-order valence-corrected chi connectivity index (χ2v) is 23.5. The average Bonchev–Trinajstić information content (AvgIpc) is 3.92. The highest BCUT2D eigenvalue weighted by molar-refractivity contribution is 7.25. The van der Waals surface area contributed by atoms with Crippen LogP contribution in [0.15, 0.2) is 120 Å². The molecule has 10 aromatic rings. The molecule has 0 saturated carbocycles. The van der Waals surface area contributed by atoms with E-state index in [1.807, 2.05) is 11.3 Å². The van der Waals surface area contributed by atoms with Gasteiger partial charge in [-0.3, -0.25) is 0 Å². The van der Waals surface area contributed by atoms with E-state index in [4.69, 9.17) is 4.42 Å². The molecule has 0 fully saturated rings. The minimum absolute atomic E-state index is 0.0368. The minimum atomic E-state index is -0.104. The summed E-state index contributed by atoms with van der Waals surface area (Å²) < 4.78 is 12.6. The van der Waals surface area contributed by atoms with Gasteiger partial charge in [-0.05, 0) is 128 Å². The molecule has 3 nitrogen and oxygen atoms in total. The highest BCUT2D eigenvalue weighted by Crippen LogP contribution is 2.55. The smallest absolute Gasteiger partial charge is 0.333 e. The molecule has 0 N–H and O–H groups in total. The van der Waals surface area contributed by atoms with Gasteiger partial charge in [0.25, 0.3) is 0 Å². The van der Waals surface area contributed by atoms with E-state index in [1.165, 1.54) is 127 Å². The SMILES string of the molecule is CC(C)(C)c1ccc(N2B3c4cc(C(C)(C)C)ccc4-n4c5cc6c(cc5c5c7oc8ccccc8c7c(c3c54)-c3cc4sc5ccccc5c4cc32)C(C)(C)CCC6(C)C)cc1. The van der Waals surface area contributed by atoms with Gasteiger partial charge in [-0.25, -0.2) is 0 Å². The van der Waals surface area contributed by atoms with Gasteiger partial charge in [-0.1, -0.05) is 130 Å². The van der Waals surface area contributed by atoms with Crippen molar-refractivity contribution in [3.05, 3.63) is 138 Å². The van der Waals surface area contributed by atoms with Crippen LogP contribution in [0.2, 0.25) is 0 Å². The molecule has 0 amide bonds. The highest BCUT2D eigenvalue weighted by atomic mass is 32.1. The molecule has 63 heavy (non-hydrogen) atoms. The molecule has 0 unspecified atom stereocenters. The molecule has 3 aromatic heterocycles. The van der Waals surface area contributed by atoms with Crippen molar-refractivity contribution in [3.8, 4) is 16.8 Å². The minimum Gasteiger partial charge on any atom is -0.455 e. The topological polar surface area (TPSA) is 21.3 Å². The summed E-state index contributed by atoms with van der Waals surface area (Å²) in [6.45, 7) is 23.7. The van der Waals surface area contributed by atoms with Crippen molar-refractivity contribution in [2.75, 3.05) is 4.81 Å². The zero-order valence-electron chi connectivity index (χ0n) is 38.2. The van der Waals surface area contributed by atoms with E-state index >= 15 is 0 Å². The third kappa shape index (κ3) is 4.98. The normalized spacial score (nSPS) is 16.5. The maximum absolute atomic E-state index is 7.28. The summed E-state index contributed by atoms with van der Waals surface area (Å²) in [5.74, 6) is 0. The van der Waals surface area contributed by atoms with E-state index in [2.05, 4.69) is 194 Å². The van der Waals surface area contributed by atoms with Crippen molar-refractivity contribution in [2.45, 2.75) is 104 Å². The van der Waals surface area contributed by atoms with Crippen LogP contribution in [0.4, 0.5) is 11.4 Å². The van der Waals surface area contributed by atoms with Crippen molar-refractivity contribution in [3.63, 3.8) is 0 Å².